The zero-order chi connectivity index (χ0) is 22.3. The molecule has 7 nitrogen and oxygen atoms in total. The highest BCUT2D eigenvalue weighted by atomic mass is 32.2. The lowest BCUT2D eigenvalue weighted by molar-refractivity contribution is 0.397. The van der Waals surface area contributed by atoms with Crippen molar-refractivity contribution in [2.75, 3.05) is 13.7 Å². The molecule has 2 atom stereocenters. The lowest BCUT2D eigenvalue weighted by atomic mass is 10.1. The van der Waals surface area contributed by atoms with Gasteiger partial charge < -0.3 is 9.30 Å². The first kappa shape index (κ1) is 20.8. The van der Waals surface area contributed by atoms with E-state index in [1.54, 1.807) is 35.7 Å². The Hall–Kier alpha value is -3.10. The molecule has 4 aromatic rings. The summed E-state index contributed by atoms with van der Waals surface area (Å²) in [5.74, 6) is 0.789. The van der Waals surface area contributed by atoms with Crippen LogP contribution in [0.1, 0.15) is 13.3 Å². The minimum atomic E-state index is -3.57. The van der Waals surface area contributed by atoms with Crippen molar-refractivity contribution in [1.82, 2.24) is 19.1 Å². The Bertz CT molecular complexity index is 1340. The molecule has 0 saturated carbocycles. The maximum Gasteiger partial charge on any atom is 0.243 e. The van der Waals surface area contributed by atoms with Crippen LogP contribution in [0.25, 0.3) is 22.0 Å². The first-order valence-corrected chi connectivity index (χ1v) is 12.1. The van der Waals surface area contributed by atoms with E-state index in [2.05, 4.69) is 45.2 Å². The molecule has 1 N–H and O–H groups in total. The van der Waals surface area contributed by atoms with Gasteiger partial charge >= 0.3 is 0 Å². The number of methoxy groups -OCH3 is 1. The highest BCUT2D eigenvalue weighted by Gasteiger charge is 2.38. The Morgan fingerprint density at radius 3 is 2.81 bits per heavy atom. The molecule has 2 aromatic heterocycles. The predicted octanol–water partition coefficient (Wildman–Crippen LogP) is 4.14. The number of hydrogen-bond acceptors (Lipinski definition) is 4. The lowest BCUT2D eigenvalue weighted by Gasteiger charge is -2.21. The van der Waals surface area contributed by atoms with Gasteiger partial charge in [-0.05, 0) is 55.2 Å². The minimum Gasteiger partial charge on any atom is -0.497 e. The number of aromatic nitrogens is 3. The molecule has 1 aliphatic rings. The summed E-state index contributed by atoms with van der Waals surface area (Å²) in [5, 5.41) is 8.04. The van der Waals surface area contributed by atoms with E-state index < -0.39 is 10.0 Å². The van der Waals surface area contributed by atoms with E-state index in [9.17, 15) is 8.42 Å². The molecule has 0 aliphatic carbocycles. The van der Waals surface area contributed by atoms with E-state index >= 15 is 0 Å². The van der Waals surface area contributed by atoms with E-state index in [0.29, 0.717) is 12.3 Å². The van der Waals surface area contributed by atoms with Gasteiger partial charge in [0.2, 0.25) is 10.0 Å². The summed E-state index contributed by atoms with van der Waals surface area (Å²) in [6, 6.07) is 15.1. The van der Waals surface area contributed by atoms with Gasteiger partial charge in [-0.15, -0.1) is 0 Å². The topological polar surface area (TPSA) is 80.2 Å². The zero-order valence-electron chi connectivity index (χ0n) is 18.1. The summed E-state index contributed by atoms with van der Waals surface area (Å²) in [7, 11) is -2.03. The van der Waals surface area contributed by atoms with Gasteiger partial charge in [0.1, 0.15) is 5.75 Å². The minimum absolute atomic E-state index is 0.0503. The van der Waals surface area contributed by atoms with Crippen LogP contribution in [0.3, 0.4) is 0 Å². The number of ether oxygens (including phenoxy) is 1. The molecule has 166 valence electrons. The molecule has 3 heterocycles. The van der Waals surface area contributed by atoms with Crippen molar-refractivity contribution in [3.8, 4) is 16.9 Å². The van der Waals surface area contributed by atoms with Crippen molar-refractivity contribution in [2.24, 2.45) is 5.92 Å². The average Bonchev–Trinajstić information content (AvgIpc) is 3.54. The number of rotatable bonds is 6. The van der Waals surface area contributed by atoms with Crippen molar-refractivity contribution in [1.29, 1.82) is 0 Å². The second-order valence-corrected chi connectivity index (χ2v) is 10.3. The molecule has 0 radical (unpaired) electrons. The quantitative estimate of drug-likeness (QED) is 0.479. The fraction of sp³-hybridized carbons (Fsp3) is 0.292. The SMILES string of the molecule is COc1cccc(S(=O)(=O)N2CC(Cn3ccc4cc(-c5cn[nH]c5)ccc43)C[C@@H]2C)c1. The average molecular weight is 451 g/mol. The molecule has 1 fully saturated rings. The van der Waals surface area contributed by atoms with Crippen molar-refractivity contribution in [2.45, 2.75) is 30.8 Å². The van der Waals surface area contributed by atoms with Gasteiger partial charge in [-0.1, -0.05) is 12.1 Å². The normalized spacial score (nSPS) is 19.6. The van der Waals surface area contributed by atoms with Crippen LogP contribution < -0.4 is 4.74 Å². The van der Waals surface area contributed by atoms with Gasteiger partial charge in [0.15, 0.2) is 0 Å². The van der Waals surface area contributed by atoms with Crippen LogP contribution in [0.4, 0.5) is 0 Å². The van der Waals surface area contributed by atoms with Gasteiger partial charge in [-0.2, -0.15) is 9.40 Å². The van der Waals surface area contributed by atoms with Gasteiger partial charge in [-0.3, -0.25) is 5.10 Å². The molecule has 0 bridgehead atoms. The highest BCUT2D eigenvalue weighted by molar-refractivity contribution is 7.89. The monoisotopic (exact) mass is 450 g/mol. The molecular formula is C24H26N4O3S. The van der Waals surface area contributed by atoms with Gasteiger partial charge in [0.25, 0.3) is 0 Å². The smallest absolute Gasteiger partial charge is 0.243 e. The zero-order valence-corrected chi connectivity index (χ0v) is 18.9. The largest absolute Gasteiger partial charge is 0.497 e. The maximum atomic E-state index is 13.3. The number of nitrogens with one attached hydrogen (secondary N) is 1. The van der Waals surface area contributed by atoms with Crippen LogP contribution in [0.2, 0.25) is 0 Å². The molecule has 0 spiro atoms. The Kier molecular flexibility index (Phi) is 5.27. The highest BCUT2D eigenvalue weighted by Crippen LogP contribution is 2.32. The number of H-pyrrole nitrogens is 1. The first-order chi connectivity index (χ1) is 15.5. The number of nitrogens with zero attached hydrogens (tertiary/aromatic N) is 3. The summed E-state index contributed by atoms with van der Waals surface area (Å²) in [4.78, 5) is 0.280. The number of benzene rings is 2. The van der Waals surface area contributed by atoms with E-state index in [4.69, 9.17) is 4.74 Å². The summed E-state index contributed by atoms with van der Waals surface area (Å²) in [6.07, 6.45) is 6.62. The number of hydrogen-bond donors (Lipinski definition) is 1. The Balaban J connectivity index is 1.35. The molecule has 1 saturated heterocycles. The molecule has 2 aromatic carbocycles. The number of fused-ring (bicyclic) bond motifs is 1. The summed E-state index contributed by atoms with van der Waals surface area (Å²) < 4.78 is 35.6. The third-order valence-electron chi connectivity index (χ3n) is 6.31. The second kappa shape index (κ2) is 8.11. The Morgan fingerprint density at radius 2 is 2.03 bits per heavy atom. The molecule has 32 heavy (non-hydrogen) atoms. The second-order valence-electron chi connectivity index (χ2n) is 8.43. The summed E-state index contributed by atoms with van der Waals surface area (Å²) in [5.41, 5.74) is 3.33. The lowest BCUT2D eigenvalue weighted by Crippen LogP contribution is -2.34. The maximum absolute atomic E-state index is 13.3. The Morgan fingerprint density at radius 1 is 1.16 bits per heavy atom. The molecule has 0 amide bonds. The number of sulfonamides is 1. The standard InChI is InChI=1S/C24H26N4O3S/c1-17-10-18(16-28(17)32(29,30)23-5-3-4-22(12-23)31-2)15-27-9-8-20-11-19(6-7-24(20)27)21-13-25-26-14-21/h3-9,11-14,17-18H,10,15-16H2,1-2H3,(H,25,26)/t17-,18?/m0/s1. The first-order valence-electron chi connectivity index (χ1n) is 10.7. The van der Waals surface area contributed by atoms with E-state index in [0.717, 1.165) is 35.0 Å². The predicted molar refractivity (Wildman–Crippen MR) is 124 cm³/mol. The van der Waals surface area contributed by atoms with Crippen molar-refractivity contribution in [3.05, 3.63) is 67.1 Å². The fourth-order valence-corrected chi connectivity index (χ4v) is 6.45. The molecule has 1 aliphatic heterocycles. The molecule has 1 unspecified atom stereocenters. The van der Waals surface area contributed by atoms with Crippen LogP contribution in [0.15, 0.2) is 72.0 Å². The number of aromatic amines is 1. The fourth-order valence-electron chi connectivity index (χ4n) is 4.70. The van der Waals surface area contributed by atoms with Crippen LogP contribution in [0, 0.1) is 5.92 Å². The van der Waals surface area contributed by atoms with Crippen LogP contribution >= 0.6 is 0 Å². The van der Waals surface area contributed by atoms with Crippen LogP contribution in [-0.2, 0) is 16.6 Å². The van der Waals surface area contributed by atoms with E-state index in [1.165, 1.54) is 0 Å². The van der Waals surface area contributed by atoms with Crippen LogP contribution in [-0.4, -0.2) is 47.2 Å². The summed E-state index contributed by atoms with van der Waals surface area (Å²) >= 11 is 0. The third kappa shape index (κ3) is 3.69. The van der Waals surface area contributed by atoms with Gasteiger partial charge in [0.05, 0.1) is 18.2 Å². The van der Waals surface area contributed by atoms with Crippen molar-refractivity contribution < 1.29 is 13.2 Å². The van der Waals surface area contributed by atoms with Gasteiger partial charge in [0, 0.05) is 54.1 Å². The molecule has 5 rings (SSSR count). The summed E-state index contributed by atoms with van der Waals surface area (Å²) in [6.45, 7) is 3.28. The van der Waals surface area contributed by atoms with E-state index in [1.807, 2.05) is 19.3 Å². The van der Waals surface area contributed by atoms with Crippen molar-refractivity contribution >= 4 is 20.9 Å². The Labute approximate surface area is 187 Å². The third-order valence-corrected chi connectivity index (χ3v) is 8.29. The van der Waals surface area contributed by atoms with E-state index in [-0.39, 0.29) is 16.9 Å². The van der Waals surface area contributed by atoms with Gasteiger partial charge in [-0.25, -0.2) is 8.42 Å². The molecule has 8 heteroatoms. The van der Waals surface area contributed by atoms with Crippen molar-refractivity contribution in [3.63, 3.8) is 0 Å². The molecular weight excluding hydrogens is 424 g/mol. The van der Waals surface area contributed by atoms with Crippen LogP contribution in [0.5, 0.6) is 5.75 Å².